The number of ether oxygens (including phenoxy) is 2. The van der Waals surface area contributed by atoms with Crippen LogP contribution in [0.4, 0.5) is 0 Å². The van der Waals surface area contributed by atoms with Crippen LogP contribution < -0.4 is 5.32 Å². The van der Waals surface area contributed by atoms with Crippen LogP contribution in [0.2, 0.25) is 0 Å². The first-order valence-corrected chi connectivity index (χ1v) is 7.52. The third kappa shape index (κ3) is 6.64. The number of hydrogen-bond donors (Lipinski definition) is 1. The Kier molecular flexibility index (Phi) is 7.17. The van der Waals surface area contributed by atoms with E-state index in [1.807, 2.05) is 30.3 Å². The molecule has 1 atom stereocenters. The molecule has 1 N–H and O–H groups in total. The van der Waals surface area contributed by atoms with Gasteiger partial charge >= 0.3 is 11.9 Å². The van der Waals surface area contributed by atoms with Crippen molar-refractivity contribution in [1.82, 2.24) is 5.32 Å². The zero-order valence-corrected chi connectivity index (χ0v) is 14.4. The number of amides is 1. The molecule has 130 valence electrons. The molecule has 1 aromatic carbocycles. The van der Waals surface area contributed by atoms with Gasteiger partial charge in [-0.05, 0) is 5.56 Å². The number of methoxy groups -OCH3 is 1. The average Bonchev–Trinajstić information content (AvgIpc) is 2.55. The van der Waals surface area contributed by atoms with Crippen LogP contribution in [0.15, 0.2) is 42.5 Å². The van der Waals surface area contributed by atoms with Gasteiger partial charge in [-0.3, -0.25) is 4.79 Å². The first-order valence-electron chi connectivity index (χ1n) is 7.52. The summed E-state index contributed by atoms with van der Waals surface area (Å²) in [7, 11) is 1.21. The minimum Gasteiger partial charge on any atom is -0.466 e. The van der Waals surface area contributed by atoms with E-state index in [1.165, 1.54) is 7.11 Å². The van der Waals surface area contributed by atoms with Crippen LogP contribution >= 0.6 is 0 Å². The van der Waals surface area contributed by atoms with Crippen molar-refractivity contribution in [3.05, 3.63) is 48.0 Å². The Morgan fingerprint density at radius 3 is 2.21 bits per heavy atom. The van der Waals surface area contributed by atoms with Crippen LogP contribution in [0, 0.1) is 5.41 Å². The molecule has 0 fully saturated rings. The third-order valence-electron chi connectivity index (χ3n) is 3.14. The van der Waals surface area contributed by atoms with E-state index >= 15 is 0 Å². The molecular weight excluding hydrogens is 310 g/mol. The quantitative estimate of drug-likeness (QED) is 0.637. The number of benzene rings is 1. The van der Waals surface area contributed by atoms with Crippen LogP contribution in [0.1, 0.15) is 32.4 Å². The maximum atomic E-state index is 12.2. The van der Waals surface area contributed by atoms with Crippen molar-refractivity contribution in [3.8, 4) is 0 Å². The van der Waals surface area contributed by atoms with E-state index in [1.54, 1.807) is 20.8 Å². The number of carbonyl (C=O) groups is 3. The molecule has 0 aliphatic carbocycles. The molecule has 6 heteroatoms. The fourth-order valence-electron chi connectivity index (χ4n) is 1.70. The smallest absolute Gasteiger partial charge is 0.331 e. The van der Waals surface area contributed by atoms with Gasteiger partial charge in [-0.1, -0.05) is 51.1 Å². The first kappa shape index (κ1) is 19.4. The zero-order valence-electron chi connectivity index (χ0n) is 14.4. The number of esters is 2. The molecule has 24 heavy (non-hydrogen) atoms. The van der Waals surface area contributed by atoms with Gasteiger partial charge < -0.3 is 14.8 Å². The average molecular weight is 333 g/mol. The lowest BCUT2D eigenvalue weighted by molar-refractivity contribution is -0.141. The van der Waals surface area contributed by atoms with Crippen LogP contribution in [0.3, 0.4) is 0 Å². The second-order valence-electron chi connectivity index (χ2n) is 6.17. The summed E-state index contributed by atoms with van der Waals surface area (Å²) in [5, 5.41) is 2.87. The molecule has 1 amide bonds. The molecule has 0 unspecified atom stereocenters. The molecule has 0 bridgehead atoms. The van der Waals surface area contributed by atoms with Gasteiger partial charge in [-0.25, -0.2) is 9.59 Å². The normalized spacial score (nSPS) is 12.5. The van der Waals surface area contributed by atoms with Gasteiger partial charge in [0.1, 0.15) is 6.61 Å². The maximum Gasteiger partial charge on any atom is 0.331 e. The highest BCUT2D eigenvalue weighted by Crippen LogP contribution is 2.18. The number of rotatable bonds is 6. The molecule has 0 radical (unpaired) electrons. The Hall–Kier alpha value is -2.63. The lowest BCUT2D eigenvalue weighted by Crippen LogP contribution is -2.39. The van der Waals surface area contributed by atoms with Crippen molar-refractivity contribution in [1.29, 1.82) is 0 Å². The SMILES string of the molecule is COC(=O)/C=C/C(=O)OC[C@@H](NC(=O)C(C)(C)C)c1ccccc1. The molecule has 0 heterocycles. The Morgan fingerprint density at radius 2 is 1.67 bits per heavy atom. The van der Waals surface area contributed by atoms with Crippen LogP contribution in [-0.2, 0) is 23.9 Å². The Balaban J connectivity index is 2.76. The van der Waals surface area contributed by atoms with Crippen molar-refractivity contribution in [2.45, 2.75) is 26.8 Å². The predicted molar refractivity (Wildman–Crippen MR) is 88.9 cm³/mol. The van der Waals surface area contributed by atoms with E-state index in [0.29, 0.717) is 0 Å². The highest BCUT2D eigenvalue weighted by molar-refractivity contribution is 5.91. The summed E-state index contributed by atoms with van der Waals surface area (Å²) < 4.78 is 9.51. The standard InChI is InChI=1S/C18H23NO5/c1-18(2,3)17(22)19-14(13-8-6-5-7-9-13)12-24-16(21)11-10-15(20)23-4/h5-11,14H,12H2,1-4H3,(H,19,22)/b11-10+/t14-/m1/s1. The van der Waals surface area contributed by atoms with Gasteiger partial charge in [-0.2, -0.15) is 0 Å². The summed E-state index contributed by atoms with van der Waals surface area (Å²) in [6.07, 6.45) is 1.97. The van der Waals surface area contributed by atoms with Crippen molar-refractivity contribution in [2.24, 2.45) is 5.41 Å². The Morgan fingerprint density at radius 1 is 1.08 bits per heavy atom. The number of carbonyl (C=O) groups excluding carboxylic acids is 3. The summed E-state index contributed by atoms with van der Waals surface area (Å²) in [5.74, 6) is -1.49. The van der Waals surface area contributed by atoms with E-state index in [2.05, 4.69) is 10.1 Å². The Bertz CT molecular complexity index is 602. The summed E-state index contributed by atoms with van der Waals surface area (Å²) in [6, 6.07) is 8.73. The fraction of sp³-hybridized carbons (Fsp3) is 0.389. The van der Waals surface area contributed by atoms with Crippen LogP contribution in [-0.4, -0.2) is 31.6 Å². The zero-order chi connectivity index (χ0) is 18.2. The third-order valence-corrected chi connectivity index (χ3v) is 3.14. The molecule has 1 aromatic rings. The molecule has 0 spiro atoms. The van der Waals surface area contributed by atoms with Crippen LogP contribution in [0.5, 0.6) is 0 Å². The van der Waals surface area contributed by atoms with Gasteiger partial charge in [0.25, 0.3) is 0 Å². The highest BCUT2D eigenvalue weighted by atomic mass is 16.5. The lowest BCUT2D eigenvalue weighted by atomic mass is 9.94. The van der Waals surface area contributed by atoms with Gasteiger partial charge in [0.15, 0.2) is 0 Å². The number of nitrogens with one attached hydrogen (secondary N) is 1. The van der Waals surface area contributed by atoms with Gasteiger partial charge in [0.2, 0.25) is 5.91 Å². The van der Waals surface area contributed by atoms with Gasteiger partial charge in [0.05, 0.1) is 13.2 Å². The minimum absolute atomic E-state index is 0.0455. The number of hydrogen-bond acceptors (Lipinski definition) is 5. The monoisotopic (exact) mass is 333 g/mol. The molecule has 0 saturated heterocycles. The minimum atomic E-state index is -0.689. The second-order valence-corrected chi connectivity index (χ2v) is 6.17. The van der Waals surface area contributed by atoms with E-state index in [0.717, 1.165) is 17.7 Å². The molecule has 0 aromatic heterocycles. The van der Waals surface area contributed by atoms with E-state index in [9.17, 15) is 14.4 Å². The van der Waals surface area contributed by atoms with E-state index in [-0.39, 0.29) is 12.5 Å². The second kappa shape index (κ2) is 8.86. The molecule has 6 nitrogen and oxygen atoms in total. The highest BCUT2D eigenvalue weighted by Gasteiger charge is 2.25. The van der Waals surface area contributed by atoms with E-state index < -0.39 is 23.4 Å². The van der Waals surface area contributed by atoms with E-state index in [4.69, 9.17) is 4.74 Å². The summed E-state index contributed by atoms with van der Waals surface area (Å²) in [4.78, 5) is 34.8. The molecular formula is C18H23NO5. The fourth-order valence-corrected chi connectivity index (χ4v) is 1.70. The van der Waals surface area contributed by atoms with Crippen molar-refractivity contribution in [2.75, 3.05) is 13.7 Å². The Labute approximate surface area is 141 Å². The van der Waals surface area contributed by atoms with Crippen molar-refractivity contribution >= 4 is 17.8 Å². The van der Waals surface area contributed by atoms with Crippen molar-refractivity contribution < 1.29 is 23.9 Å². The van der Waals surface area contributed by atoms with Gasteiger partial charge in [-0.15, -0.1) is 0 Å². The van der Waals surface area contributed by atoms with Crippen LogP contribution in [0.25, 0.3) is 0 Å². The predicted octanol–water partition coefficient (Wildman–Crippen LogP) is 2.16. The van der Waals surface area contributed by atoms with Gasteiger partial charge in [0, 0.05) is 17.6 Å². The molecule has 0 aliphatic heterocycles. The molecule has 0 saturated carbocycles. The summed E-state index contributed by atoms with van der Waals surface area (Å²) >= 11 is 0. The molecule has 1 rings (SSSR count). The van der Waals surface area contributed by atoms with Crippen molar-refractivity contribution in [3.63, 3.8) is 0 Å². The topological polar surface area (TPSA) is 81.7 Å². The maximum absolute atomic E-state index is 12.2. The molecule has 0 aliphatic rings. The first-order chi connectivity index (χ1) is 11.2. The largest absolute Gasteiger partial charge is 0.466 e. The summed E-state index contributed by atoms with van der Waals surface area (Å²) in [5.41, 5.74) is 0.252. The lowest BCUT2D eigenvalue weighted by Gasteiger charge is -2.24. The summed E-state index contributed by atoms with van der Waals surface area (Å²) in [6.45, 7) is 5.36.